The fraction of sp³-hybridized carbons (Fsp3) is 0.917. The van der Waals surface area contributed by atoms with Crippen molar-refractivity contribution in [3.63, 3.8) is 0 Å². The molecule has 4 heterocycles. The van der Waals surface area contributed by atoms with E-state index >= 15 is 0 Å². The number of ether oxygens (including phenoxy) is 8. The van der Waals surface area contributed by atoms with Crippen LogP contribution in [0.2, 0.25) is 0 Å². The molecule has 16 unspecified atom stereocenters. The van der Waals surface area contributed by atoms with Crippen LogP contribution in [0.4, 0.5) is 0 Å². The minimum Gasteiger partial charge on any atom is -1.00 e. The van der Waals surface area contributed by atoms with E-state index in [1.165, 1.54) is 53.1 Å². The molecule has 4 rings (SSSR count). The average Bonchev–Trinajstić information content (AvgIpc) is 3.22. The zero-order valence-electron chi connectivity index (χ0n) is 55.3. The van der Waals surface area contributed by atoms with Gasteiger partial charge in [-0.25, -0.2) is 0 Å². The number of hydrogen-bond acceptors (Lipinski definition) is 24. The molecule has 24 nitrogen and oxygen atoms in total. The fourth-order valence-electron chi connectivity index (χ4n) is 7.29. The Labute approximate surface area is 646 Å². The zero-order valence-corrected chi connectivity index (χ0v) is 72.6. The normalized spacial score (nSPS) is 30.1. The summed E-state index contributed by atoms with van der Waals surface area (Å²) in [5, 5.41) is 40.5. The van der Waals surface area contributed by atoms with Gasteiger partial charge in [-0.1, -0.05) is 0 Å². The Bertz CT molecular complexity index is 1570. The second-order valence-electron chi connectivity index (χ2n) is 20.7. The molecule has 0 aromatic rings. The molecule has 4 fully saturated rings. The first-order valence-corrected chi connectivity index (χ1v) is 33.7. The Morgan fingerprint density at radius 2 is 0.487 bits per heavy atom. The largest absolute Gasteiger partial charge is 2.00 e. The van der Waals surface area contributed by atoms with E-state index in [0.29, 0.717) is 0 Å². The molecule has 464 valence electrons. The van der Waals surface area contributed by atoms with E-state index < -0.39 is 104 Å². The summed E-state index contributed by atoms with van der Waals surface area (Å²) >= 11 is 0. The van der Waals surface area contributed by atoms with Gasteiger partial charge in [0.2, 0.25) is 0 Å². The van der Waals surface area contributed by atoms with Gasteiger partial charge in [0.15, 0.2) is 0 Å². The summed E-state index contributed by atoms with van der Waals surface area (Å²) < 4.78 is 133. The molecular formula is C48H100Ba4O24P4. The molecule has 4 saturated heterocycles. The first kappa shape index (κ1) is 92.8. The smallest absolute Gasteiger partial charge is 1.00 e. The van der Waals surface area contributed by atoms with Crippen LogP contribution in [0.3, 0.4) is 0 Å². The molecule has 0 bridgehead atoms. The standard InChI is InChI=1S/4C12H24O6P.4Ba.4H/c4*1-8(2)16-10-6-15-7-11(12(10)13)18-19(5,14)17-9(3)4;;;;;;;;/h4*7-13H,6H2,1-5H3;;;;;;;;/q4*-1;4*+2;4*-1. The monoisotopic (exact) mass is 1740 g/mol. The number of aliphatic hydroxyl groups is 4. The van der Waals surface area contributed by atoms with Crippen LogP contribution in [0.5, 0.6) is 0 Å². The van der Waals surface area contributed by atoms with Gasteiger partial charge < -0.3 is 100 Å². The first-order chi connectivity index (χ1) is 34.8. The topological polar surface area (TPSA) is 297 Å². The Hall–Kier alpha value is 6.41. The van der Waals surface area contributed by atoms with Crippen molar-refractivity contribution in [3.8, 4) is 0 Å². The third kappa shape index (κ3) is 41.9. The number of rotatable bonds is 24. The summed E-state index contributed by atoms with van der Waals surface area (Å²) in [5.74, 6) is 0. The van der Waals surface area contributed by atoms with Crippen molar-refractivity contribution < 1.29 is 118 Å². The quantitative estimate of drug-likeness (QED) is 0.0439. The van der Waals surface area contributed by atoms with Crippen molar-refractivity contribution in [1.82, 2.24) is 0 Å². The summed E-state index contributed by atoms with van der Waals surface area (Å²) in [7, 11) is -13.0. The van der Waals surface area contributed by atoms with Gasteiger partial charge in [0.25, 0.3) is 0 Å². The van der Waals surface area contributed by atoms with Crippen LogP contribution in [0.15, 0.2) is 0 Å². The van der Waals surface area contributed by atoms with E-state index in [4.69, 9.17) is 74.1 Å². The first-order valence-electron chi connectivity index (χ1n) is 25.8. The van der Waals surface area contributed by atoms with Gasteiger partial charge >= 0.3 is 226 Å². The van der Waals surface area contributed by atoms with Gasteiger partial charge in [0.05, 0.1) is 73.2 Å². The molecule has 80 heavy (non-hydrogen) atoms. The van der Waals surface area contributed by atoms with Crippen LogP contribution in [-0.2, 0) is 92.3 Å². The van der Waals surface area contributed by atoms with E-state index in [2.05, 4.69) is 0 Å². The van der Waals surface area contributed by atoms with Gasteiger partial charge in [0.1, 0.15) is 24.4 Å². The van der Waals surface area contributed by atoms with Crippen molar-refractivity contribution in [2.75, 3.05) is 53.1 Å². The van der Waals surface area contributed by atoms with Crippen LogP contribution in [-0.4, -0.2) is 391 Å². The fourth-order valence-corrected chi connectivity index (χ4v) is 13.0. The van der Waals surface area contributed by atoms with E-state index in [-0.39, 0.29) is 276 Å². The minimum absolute atomic E-state index is 0. The molecule has 0 aromatic carbocycles. The maximum Gasteiger partial charge on any atom is 2.00 e. The molecule has 0 aromatic heterocycles. The van der Waals surface area contributed by atoms with Gasteiger partial charge in [-0.05, 0) is 135 Å². The van der Waals surface area contributed by atoms with Gasteiger partial charge in [-0.2, -0.15) is 26.4 Å². The molecule has 32 heteroatoms. The van der Waals surface area contributed by atoms with Crippen molar-refractivity contribution in [3.05, 3.63) is 26.4 Å². The van der Waals surface area contributed by atoms with Crippen molar-refractivity contribution in [2.24, 2.45) is 0 Å². The second kappa shape index (κ2) is 46.5. The Morgan fingerprint density at radius 1 is 0.338 bits per heavy atom. The SMILES string of the molecule is CC(C)OC1CO[CH-]C(OP(C)(=O)OC(C)C)C1O.CC(C)OC1CO[CH-]C(OP(C)(=O)OC(C)C)C1O.CC(C)OC1CO[CH-]C(OP(C)(=O)OC(C)C)C1O.CC(C)OC1CO[CH-]C(OP(C)(=O)OC(C)C)C1O.[Ba+2].[Ba+2].[Ba+2].[Ba+2].[H-].[H-].[H-].[H-]. The molecule has 0 amide bonds. The molecule has 16 atom stereocenters. The molecule has 0 spiro atoms. The van der Waals surface area contributed by atoms with Crippen molar-refractivity contribution >= 4 is 226 Å². The Morgan fingerprint density at radius 3 is 0.613 bits per heavy atom. The van der Waals surface area contributed by atoms with E-state index in [9.17, 15) is 38.7 Å². The van der Waals surface area contributed by atoms with Crippen LogP contribution in [0.25, 0.3) is 0 Å². The minimum atomic E-state index is -3.24. The average molecular weight is 1730 g/mol. The van der Waals surface area contributed by atoms with Gasteiger partial charge in [0, 0.05) is 53.1 Å². The summed E-state index contributed by atoms with van der Waals surface area (Å²) in [5.41, 5.74) is 0. The van der Waals surface area contributed by atoms with Crippen LogP contribution in [0, 0.1) is 26.4 Å². The maximum atomic E-state index is 12.1. The zero-order chi connectivity index (χ0) is 58.5. The van der Waals surface area contributed by atoms with E-state index in [0.717, 1.165) is 0 Å². The van der Waals surface area contributed by atoms with Crippen LogP contribution in [0.1, 0.15) is 116 Å². The Balaban J connectivity index is -0.000000148. The number of hydrogen-bond donors (Lipinski definition) is 4. The van der Waals surface area contributed by atoms with E-state index in [1.54, 1.807) is 55.4 Å². The van der Waals surface area contributed by atoms with Crippen molar-refractivity contribution in [1.29, 1.82) is 0 Å². The molecule has 0 saturated carbocycles. The molecule has 4 N–H and O–H groups in total. The molecule has 0 aliphatic carbocycles. The number of aliphatic hydroxyl groups excluding tert-OH is 4. The predicted octanol–water partition coefficient (Wildman–Crippen LogP) is 6.79. The van der Waals surface area contributed by atoms with E-state index in [1.807, 2.05) is 55.4 Å². The van der Waals surface area contributed by atoms with Crippen LogP contribution >= 0.6 is 30.4 Å². The summed E-state index contributed by atoms with van der Waals surface area (Å²) in [6.45, 7) is 40.9. The second-order valence-corrected chi connectivity index (χ2v) is 28.6. The molecule has 4 aliphatic heterocycles. The van der Waals surface area contributed by atoms with Crippen molar-refractivity contribution in [2.45, 2.75) is 233 Å². The third-order valence-corrected chi connectivity index (χ3v) is 15.2. The molecular weight excluding hydrogens is 1630 g/mol. The summed E-state index contributed by atoms with van der Waals surface area (Å²) in [6.07, 6.45) is -10.1. The molecule has 4 aliphatic rings. The summed E-state index contributed by atoms with van der Waals surface area (Å²) in [4.78, 5) is 0. The van der Waals surface area contributed by atoms with Crippen LogP contribution < -0.4 is 0 Å². The predicted molar refractivity (Wildman–Crippen MR) is 311 cm³/mol. The summed E-state index contributed by atoms with van der Waals surface area (Å²) in [6, 6.07) is 0. The molecule has 0 radical (unpaired) electrons. The maximum absolute atomic E-state index is 12.1. The Kier molecular flexibility index (Phi) is 53.9. The van der Waals surface area contributed by atoms with Gasteiger partial charge in [-0.15, -0.1) is 0 Å². The third-order valence-electron chi connectivity index (χ3n) is 9.48. The van der Waals surface area contributed by atoms with Gasteiger partial charge in [-0.3, -0.25) is 18.3 Å².